The van der Waals surface area contributed by atoms with Gasteiger partial charge in [0.25, 0.3) is 0 Å². The van der Waals surface area contributed by atoms with Crippen LogP contribution in [0.1, 0.15) is 44.7 Å². The lowest BCUT2D eigenvalue weighted by Crippen LogP contribution is -2.01. The Labute approximate surface area is 100 Å². The quantitative estimate of drug-likeness (QED) is 0.749. The monoisotopic (exact) mass is 217 g/mol. The fraction of sp³-hybridized carbons (Fsp3) is 0.467. The van der Waals surface area contributed by atoms with E-state index < -0.39 is 0 Å². The molecular formula is C15H23N. The summed E-state index contributed by atoms with van der Waals surface area (Å²) in [5.74, 6) is 3.14. The maximum absolute atomic E-state index is 5.21. The predicted molar refractivity (Wildman–Crippen MR) is 73.9 cm³/mol. The summed E-state index contributed by atoms with van der Waals surface area (Å²) in [4.78, 5) is 0. The van der Waals surface area contributed by atoms with Crippen molar-refractivity contribution in [2.45, 2.75) is 40.5 Å². The van der Waals surface area contributed by atoms with Gasteiger partial charge in [-0.05, 0) is 30.0 Å². The molecule has 0 amide bonds. The van der Waals surface area contributed by atoms with Crippen LogP contribution in [0.25, 0.3) is 0 Å². The molecule has 0 heterocycles. The van der Waals surface area contributed by atoms with Gasteiger partial charge in [-0.3, -0.25) is 0 Å². The molecular weight excluding hydrogens is 194 g/mol. The lowest BCUT2D eigenvalue weighted by atomic mass is 10.0. The molecule has 16 heavy (non-hydrogen) atoms. The second-order valence-electron chi connectivity index (χ2n) is 3.79. The second kappa shape index (κ2) is 7.82. The first-order chi connectivity index (χ1) is 7.65. The molecule has 0 spiro atoms. The maximum atomic E-state index is 5.21. The van der Waals surface area contributed by atoms with E-state index in [1.165, 1.54) is 11.1 Å². The van der Waals surface area contributed by atoms with Gasteiger partial charge in [-0.1, -0.05) is 45.7 Å². The van der Waals surface area contributed by atoms with E-state index in [2.05, 4.69) is 50.2 Å². The van der Waals surface area contributed by atoms with Crippen molar-refractivity contribution in [2.75, 3.05) is 11.9 Å². The predicted octanol–water partition coefficient (Wildman–Crippen LogP) is 4.19. The molecule has 1 heteroatoms. The van der Waals surface area contributed by atoms with Crippen LogP contribution in [0, 0.1) is 19.3 Å². The number of benzene rings is 1. The van der Waals surface area contributed by atoms with Crippen LogP contribution < -0.4 is 5.32 Å². The average Bonchev–Trinajstić information content (AvgIpc) is 2.30. The Morgan fingerprint density at radius 1 is 1.31 bits per heavy atom. The van der Waals surface area contributed by atoms with Gasteiger partial charge in [0.05, 0.1) is 6.54 Å². The third-order valence-electron chi connectivity index (χ3n) is 2.31. The van der Waals surface area contributed by atoms with E-state index in [0.29, 0.717) is 12.5 Å². The van der Waals surface area contributed by atoms with Crippen molar-refractivity contribution in [1.29, 1.82) is 0 Å². The van der Waals surface area contributed by atoms with Gasteiger partial charge >= 0.3 is 0 Å². The fourth-order valence-corrected chi connectivity index (χ4v) is 1.34. The van der Waals surface area contributed by atoms with E-state index in [1.807, 2.05) is 13.8 Å². The largest absolute Gasteiger partial charge is 0.374 e. The molecule has 88 valence electrons. The van der Waals surface area contributed by atoms with Crippen molar-refractivity contribution in [3.63, 3.8) is 0 Å². The topological polar surface area (TPSA) is 12.0 Å². The fourth-order valence-electron chi connectivity index (χ4n) is 1.34. The molecule has 1 aromatic rings. The molecule has 1 N–H and O–H groups in total. The number of rotatable bonds is 3. The normalized spacial score (nSPS) is 9.06. The number of hydrogen-bond donors (Lipinski definition) is 1. The van der Waals surface area contributed by atoms with Crippen molar-refractivity contribution in [3.05, 3.63) is 29.3 Å². The van der Waals surface area contributed by atoms with Gasteiger partial charge in [-0.25, -0.2) is 0 Å². The summed E-state index contributed by atoms with van der Waals surface area (Å²) in [6.07, 6.45) is 5.21. The third kappa shape index (κ3) is 4.40. The SMILES string of the molecule is C#CCNc1cc(C(C)C)ccc1C.CC. The molecule has 1 rings (SSSR count). The maximum Gasteiger partial charge on any atom is 0.0763 e. The van der Waals surface area contributed by atoms with Crippen LogP contribution in [0.4, 0.5) is 5.69 Å². The molecule has 0 saturated carbocycles. The van der Waals surface area contributed by atoms with E-state index in [9.17, 15) is 0 Å². The van der Waals surface area contributed by atoms with Gasteiger partial charge in [0, 0.05) is 5.69 Å². The zero-order valence-corrected chi connectivity index (χ0v) is 11.1. The van der Waals surface area contributed by atoms with Crippen LogP contribution in [0.3, 0.4) is 0 Å². The Bertz CT molecular complexity index is 345. The van der Waals surface area contributed by atoms with E-state index in [-0.39, 0.29) is 0 Å². The van der Waals surface area contributed by atoms with Crippen molar-refractivity contribution < 1.29 is 0 Å². The Balaban J connectivity index is 0.00000106. The highest BCUT2D eigenvalue weighted by molar-refractivity contribution is 5.53. The minimum atomic E-state index is 0.557. The van der Waals surface area contributed by atoms with Gasteiger partial charge < -0.3 is 5.32 Å². The minimum Gasteiger partial charge on any atom is -0.374 e. The Morgan fingerprint density at radius 3 is 2.44 bits per heavy atom. The average molecular weight is 217 g/mol. The summed E-state index contributed by atoms with van der Waals surface area (Å²) >= 11 is 0. The Kier molecular flexibility index (Phi) is 7.12. The van der Waals surface area contributed by atoms with Crippen molar-refractivity contribution in [1.82, 2.24) is 0 Å². The number of anilines is 1. The van der Waals surface area contributed by atoms with E-state index >= 15 is 0 Å². The molecule has 0 fully saturated rings. The molecule has 0 atom stereocenters. The third-order valence-corrected chi connectivity index (χ3v) is 2.31. The Morgan fingerprint density at radius 2 is 1.94 bits per heavy atom. The van der Waals surface area contributed by atoms with E-state index in [0.717, 1.165) is 5.69 Å². The lowest BCUT2D eigenvalue weighted by molar-refractivity contribution is 0.866. The highest BCUT2D eigenvalue weighted by Gasteiger charge is 2.02. The molecule has 1 aromatic carbocycles. The second-order valence-corrected chi connectivity index (χ2v) is 3.79. The Hall–Kier alpha value is -1.42. The summed E-state index contributed by atoms with van der Waals surface area (Å²) in [5.41, 5.74) is 3.73. The first-order valence-corrected chi connectivity index (χ1v) is 5.93. The van der Waals surface area contributed by atoms with Crippen LogP contribution in [0.15, 0.2) is 18.2 Å². The van der Waals surface area contributed by atoms with Crippen LogP contribution in [0.5, 0.6) is 0 Å². The van der Waals surface area contributed by atoms with Crippen molar-refractivity contribution in [3.8, 4) is 12.3 Å². The standard InChI is InChI=1S/C13H17N.C2H6/c1-5-8-14-13-9-12(10(2)3)7-6-11(13)4;1-2/h1,6-7,9-10,14H,8H2,2-4H3;1-2H3. The molecule has 0 bridgehead atoms. The van der Waals surface area contributed by atoms with Gasteiger partial charge in [0.2, 0.25) is 0 Å². The smallest absolute Gasteiger partial charge is 0.0763 e. The first-order valence-electron chi connectivity index (χ1n) is 5.93. The molecule has 0 radical (unpaired) electrons. The van der Waals surface area contributed by atoms with E-state index in [1.54, 1.807) is 0 Å². The molecule has 0 aliphatic carbocycles. The summed E-state index contributed by atoms with van der Waals surface area (Å²) < 4.78 is 0. The van der Waals surface area contributed by atoms with Gasteiger partial charge in [-0.2, -0.15) is 0 Å². The summed E-state index contributed by atoms with van der Waals surface area (Å²) in [6.45, 7) is 11.1. The molecule has 0 saturated heterocycles. The number of hydrogen-bond acceptors (Lipinski definition) is 1. The molecule has 0 aliphatic heterocycles. The first kappa shape index (κ1) is 14.6. The van der Waals surface area contributed by atoms with Gasteiger partial charge in [0.15, 0.2) is 0 Å². The number of nitrogens with one attached hydrogen (secondary N) is 1. The lowest BCUT2D eigenvalue weighted by Gasteiger charge is -2.11. The van der Waals surface area contributed by atoms with Crippen LogP contribution >= 0.6 is 0 Å². The van der Waals surface area contributed by atoms with Crippen molar-refractivity contribution >= 4 is 5.69 Å². The van der Waals surface area contributed by atoms with Crippen LogP contribution in [0.2, 0.25) is 0 Å². The van der Waals surface area contributed by atoms with Gasteiger partial charge in [0.1, 0.15) is 0 Å². The zero-order valence-electron chi connectivity index (χ0n) is 11.1. The van der Waals surface area contributed by atoms with Crippen LogP contribution in [-0.4, -0.2) is 6.54 Å². The molecule has 0 aromatic heterocycles. The number of terminal acetylenes is 1. The van der Waals surface area contributed by atoms with Gasteiger partial charge in [-0.15, -0.1) is 6.42 Å². The summed E-state index contributed by atoms with van der Waals surface area (Å²) in [5, 5.41) is 3.22. The number of aryl methyl sites for hydroxylation is 1. The minimum absolute atomic E-state index is 0.557. The van der Waals surface area contributed by atoms with E-state index in [4.69, 9.17) is 6.42 Å². The van der Waals surface area contributed by atoms with Crippen molar-refractivity contribution in [2.24, 2.45) is 0 Å². The molecule has 0 unspecified atom stereocenters. The highest BCUT2D eigenvalue weighted by Crippen LogP contribution is 2.21. The zero-order chi connectivity index (χ0) is 12.6. The highest BCUT2D eigenvalue weighted by atomic mass is 14.9. The summed E-state index contributed by atoms with van der Waals surface area (Å²) in [6, 6.07) is 6.48. The van der Waals surface area contributed by atoms with Crippen LogP contribution in [-0.2, 0) is 0 Å². The molecule has 1 nitrogen and oxygen atoms in total. The summed E-state index contributed by atoms with van der Waals surface area (Å²) in [7, 11) is 0. The molecule has 0 aliphatic rings.